The van der Waals surface area contributed by atoms with Crippen LogP contribution in [0.15, 0.2) is 24.3 Å². The number of rotatable bonds is 5. The van der Waals surface area contributed by atoms with Gasteiger partial charge in [0.2, 0.25) is 5.91 Å². The Morgan fingerprint density at radius 1 is 1.40 bits per heavy atom. The van der Waals surface area contributed by atoms with Crippen LogP contribution in [0.25, 0.3) is 0 Å². The van der Waals surface area contributed by atoms with Crippen molar-refractivity contribution in [2.75, 3.05) is 19.4 Å². The molecule has 0 spiro atoms. The van der Waals surface area contributed by atoms with Gasteiger partial charge in [0.05, 0.1) is 13.0 Å². The standard InChI is InChI=1S/C16H26N2O2/c1-12(16(2,3)4)18(5)15(19)9-10-20-14-8-6-7-13(17)11-14/h6-8,11-12H,9-10,17H2,1-5H3. The maximum atomic E-state index is 12.1. The molecule has 1 rings (SSSR count). The first-order valence-electron chi connectivity index (χ1n) is 6.96. The second-order valence-corrected chi connectivity index (χ2v) is 6.22. The lowest BCUT2D eigenvalue weighted by Gasteiger charge is -2.35. The van der Waals surface area contributed by atoms with Crippen LogP contribution in [0, 0.1) is 5.41 Å². The average Bonchev–Trinajstić information content (AvgIpc) is 2.35. The number of nitrogens with zero attached hydrogens (tertiary/aromatic N) is 1. The first kappa shape index (κ1) is 16.3. The zero-order chi connectivity index (χ0) is 15.3. The fourth-order valence-corrected chi connectivity index (χ4v) is 1.83. The SMILES string of the molecule is CC(N(C)C(=O)CCOc1cccc(N)c1)C(C)(C)C. The van der Waals surface area contributed by atoms with E-state index in [-0.39, 0.29) is 17.4 Å². The van der Waals surface area contributed by atoms with Crippen LogP contribution in [0.4, 0.5) is 5.69 Å². The lowest BCUT2D eigenvalue weighted by molar-refractivity contribution is -0.134. The van der Waals surface area contributed by atoms with Crippen LogP contribution in [0.1, 0.15) is 34.1 Å². The van der Waals surface area contributed by atoms with Crippen LogP contribution in [0.2, 0.25) is 0 Å². The number of nitrogens with two attached hydrogens (primary N) is 1. The van der Waals surface area contributed by atoms with Crippen molar-refractivity contribution < 1.29 is 9.53 Å². The van der Waals surface area contributed by atoms with E-state index in [4.69, 9.17) is 10.5 Å². The van der Waals surface area contributed by atoms with Gasteiger partial charge in [-0.05, 0) is 24.5 Å². The molecule has 0 aromatic heterocycles. The normalized spacial score (nSPS) is 12.8. The number of benzene rings is 1. The number of anilines is 1. The minimum absolute atomic E-state index is 0.0686. The Balaban J connectivity index is 2.44. The van der Waals surface area contributed by atoms with Crippen LogP contribution in [0.3, 0.4) is 0 Å². The molecule has 0 aliphatic heterocycles. The molecule has 1 amide bonds. The summed E-state index contributed by atoms with van der Waals surface area (Å²) in [6, 6.07) is 7.41. The van der Waals surface area contributed by atoms with Crippen molar-refractivity contribution in [3.05, 3.63) is 24.3 Å². The molecule has 0 fully saturated rings. The summed E-state index contributed by atoms with van der Waals surface area (Å²) in [4.78, 5) is 13.9. The predicted octanol–water partition coefficient (Wildman–Crippen LogP) is 2.93. The molecule has 0 saturated heterocycles. The van der Waals surface area contributed by atoms with Crippen LogP contribution in [-0.2, 0) is 4.79 Å². The number of nitrogen functional groups attached to an aromatic ring is 1. The molecule has 0 radical (unpaired) electrons. The molecule has 1 aromatic rings. The third kappa shape index (κ3) is 4.76. The third-order valence-electron chi connectivity index (χ3n) is 3.67. The minimum Gasteiger partial charge on any atom is -0.493 e. The van der Waals surface area contributed by atoms with E-state index in [1.807, 2.05) is 19.2 Å². The van der Waals surface area contributed by atoms with E-state index in [0.29, 0.717) is 24.5 Å². The van der Waals surface area contributed by atoms with E-state index in [1.165, 1.54) is 0 Å². The smallest absolute Gasteiger partial charge is 0.225 e. The molecule has 20 heavy (non-hydrogen) atoms. The van der Waals surface area contributed by atoms with E-state index in [9.17, 15) is 4.79 Å². The highest BCUT2D eigenvalue weighted by Gasteiger charge is 2.26. The largest absolute Gasteiger partial charge is 0.493 e. The van der Waals surface area contributed by atoms with Gasteiger partial charge in [-0.15, -0.1) is 0 Å². The van der Waals surface area contributed by atoms with E-state index in [0.717, 1.165) is 0 Å². The van der Waals surface area contributed by atoms with Gasteiger partial charge in [0, 0.05) is 24.8 Å². The Hall–Kier alpha value is -1.71. The zero-order valence-corrected chi connectivity index (χ0v) is 13.1. The molecule has 112 valence electrons. The molecule has 0 bridgehead atoms. The first-order valence-corrected chi connectivity index (χ1v) is 6.96. The second kappa shape index (κ2) is 6.64. The first-order chi connectivity index (χ1) is 9.21. The molecule has 0 aliphatic rings. The fourth-order valence-electron chi connectivity index (χ4n) is 1.83. The van der Waals surface area contributed by atoms with Crippen molar-refractivity contribution in [3.63, 3.8) is 0 Å². The lowest BCUT2D eigenvalue weighted by atomic mass is 9.87. The predicted molar refractivity (Wildman–Crippen MR) is 82.7 cm³/mol. The second-order valence-electron chi connectivity index (χ2n) is 6.22. The maximum Gasteiger partial charge on any atom is 0.225 e. The summed E-state index contributed by atoms with van der Waals surface area (Å²) >= 11 is 0. The van der Waals surface area contributed by atoms with Crippen molar-refractivity contribution >= 4 is 11.6 Å². The highest BCUT2D eigenvalue weighted by molar-refractivity contribution is 5.76. The maximum absolute atomic E-state index is 12.1. The van der Waals surface area contributed by atoms with Crippen LogP contribution < -0.4 is 10.5 Å². The van der Waals surface area contributed by atoms with E-state index in [2.05, 4.69) is 27.7 Å². The van der Waals surface area contributed by atoms with Gasteiger partial charge in [-0.1, -0.05) is 26.8 Å². The number of hydrogen-bond acceptors (Lipinski definition) is 3. The highest BCUT2D eigenvalue weighted by atomic mass is 16.5. The van der Waals surface area contributed by atoms with Gasteiger partial charge in [-0.2, -0.15) is 0 Å². The lowest BCUT2D eigenvalue weighted by Crippen LogP contribution is -2.43. The average molecular weight is 278 g/mol. The molecule has 2 N–H and O–H groups in total. The topological polar surface area (TPSA) is 55.6 Å². The van der Waals surface area contributed by atoms with Crippen molar-refractivity contribution in [1.29, 1.82) is 0 Å². The number of amides is 1. The van der Waals surface area contributed by atoms with Crippen molar-refractivity contribution in [2.24, 2.45) is 5.41 Å². The van der Waals surface area contributed by atoms with Crippen molar-refractivity contribution in [1.82, 2.24) is 4.90 Å². The van der Waals surface area contributed by atoms with Gasteiger partial charge in [-0.25, -0.2) is 0 Å². The summed E-state index contributed by atoms with van der Waals surface area (Å²) in [6.07, 6.45) is 0.367. The number of ether oxygens (including phenoxy) is 1. The minimum atomic E-state index is 0.0686. The number of carbonyl (C=O) groups is 1. The summed E-state index contributed by atoms with van der Waals surface area (Å²) in [5.74, 6) is 0.792. The Morgan fingerprint density at radius 2 is 2.05 bits per heavy atom. The van der Waals surface area contributed by atoms with Gasteiger partial charge in [-0.3, -0.25) is 4.79 Å². The monoisotopic (exact) mass is 278 g/mol. The van der Waals surface area contributed by atoms with Crippen LogP contribution in [-0.4, -0.2) is 30.5 Å². The molecular weight excluding hydrogens is 252 g/mol. The Morgan fingerprint density at radius 3 is 2.60 bits per heavy atom. The van der Waals surface area contributed by atoms with Gasteiger partial charge < -0.3 is 15.4 Å². The summed E-state index contributed by atoms with van der Waals surface area (Å²) in [6.45, 7) is 8.82. The highest BCUT2D eigenvalue weighted by Crippen LogP contribution is 2.23. The Kier molecular flexibility index (Phi) is 5.43. The molecule has 0 heterocycles. The molecule has 1 atom stereocenters. The van der Waals surface area contributed by atoms with Crippen LogP contribution in [0.5, 0.6) is 5.75 Å². The molecular formula is C16H26N2O2. The molecule has 4 heteroatoms. The summed E-state index contributed by atoms with van der Waals surface area (Å²) in [5, 5.41) is 0. The Bertz CT molecular complexity index is 452. The summed E-state index contributed by atoms with van der Waals surface area (Å²) in [5.41, 5.74) is 6.40. The Labute approximate surface area is 121 Å². The molecule has 4 nitrogen and oxygen atoms in total. The fraction of sp³-hybridized carbons (Fsp3) is 0.562. The van der Waals surface area contributed by atoms with Gasteiger partial charge >= 0.3 is 0 Å². The van der Waals surface area contributed by atoms with Crippen molar-refractivity contribution in [3.8, 4) is 5.75 Å². The van der Waals surface area contributed by atoms with Crippen LogP contribution >= 0.6 is 0 Å². The van der Waals surface area contributed by atoms with Gasteiger partial charge in [0.15, 0.2) is 0 Å². The quantitative estimate of drug-likeness (QED) is 0.843. The van der Waals surface area contributed by atoms with E-state index >= 15 is 0 Å². The van der Waals surface area contributed by atoms with Gasteiger partial charge in [0.1, 0.15) is 5.75 Å². The number of carbonyl (C=O) groups excluding carboxylic acids is 1. The molecule has 1 unspecified atom stereocenters. The molecule has 0 saturated carbocycles. The van der Waals surface area contributed by atoms with E-state index in [1.54, 1.807) is 17.0 Å². The third-order valence-corrected chi connectivity index (χ3v) is 3.67. The summed E-state index contributed by atoms with van der Waals surface area (Å²) < 4.78 is 5.55. The summed E-state index contributed by atoms with van der Waals surface area (Å²) in [7, 11) is 1.85. The van der Waals surface area contributed by atoms with E-state index < -0.39 is 0 Å². The van der Waals surface area contributed by atoms with Crippen molar-refractivity contribution in [2.45, 2.75) is 40.2 Å². The zero-order valence-electron chi connectivity index (χ0n) is 13.1. The molecule has 0 aliphatic carbocycles. The molecule has 1 aromatic carbocycles. The number of hydrogen-bond donors (Lipinski definition) is 1. The van der Waals surface area contributed by atoms with Gasteiger partial charge in [0.25, 0.3) is 0 Å².